The summed E-state index contributed by atoms with van der Waals surface area (Å²) in [6.45, 7) is 11.9. The van der Waals surface area contributed by atoms with E-state index in [4.69, 9.17) is 14.0 Å². The van der Waals surface area contributed by atoms with Gasteiger partial charge in [0.25, 0.3) is 10.1 Å². The lowest BCUT2D eigenvalue weighted by Crippen LogP contribution is -2.52. The third kappa shape index (κ3) is 12.1. The number of carbonyl (C=O) groups is 4. The van der Waals surface area contributed by atoms with Gasteiger partial charge in [-0.2, -0.15) is 8.42 Å². The lowest BCUT2D eigenvalue weighted by molar-refractivity contribution is -0.145. The summed E-state index contributed by atoms with van der Waals surface area (Å²) in [5.41, 5.74) is 2.85. The highest BCUT2D eigenvalue weighted by molar-refractivity contribution is 7.85. The molecule has 9 atom stereocenters. The zero-order valence-corrected chi connectivity index (χ0v) is 36.2. The van der Waals surface area contributed by atoms with E-state index in [1.165, 1.54) is 50.5 Å². The molecule has 1 aromatic rings. The number of alkyl carbamates (subject to hydrolysis) is 1. The van der Waals surface area contributed by atoms with Gasteiger partial charge in [-0.3, -0.25) is 18.9 Å². The lowest BCUT2D eigenvalue weighted by atomic mass is 9.47. The summed E-state index contributed by atoms with van der Waals surface area (Å²) < 4.78 is 41.5. The van der Waals surface area contributed by atoms with E-state index >= 15 is 0 Å². The molecule has 13 heteroatoms. The van der Waals surface area contributed by atoms with E-state index in [0.717, 1.165) is 60.8 Å². The Morgan fingerprint density at radius 3 is 2.40 bits per heavy atom. The van der Waals surface area contributed by atoms with Crippen molar-refractivity contribution in [2.45, 2.75) is 137 Å². The molecule has 12 nitrogen and oxygen atoms in total. The van der Waals surface area contributed by atoms with E-state index in [1.807, 2.05) is 30.3 Å². The Hall–Kier alpha value is -3.45. The molecule has 3 saturated carbocycles. The van der Waals surface area contributed by atoms with E-state index in [9.17, 15) is 27.6 Å². The van der Waals surface area contributed by atoms with Crippen LogP contribution in [0.25, 0.3) is 0 Å². The average Bonchev–Trinajstić information content (AvgIpc) is 3.52. The Labute approximate surface area is 346 Å². The van der Waals surface area contributed by atoms with Crippen molar-refractivity contribution in [3.8, 4) is 0 Å². The Kier molecular flexibility index (Phi) is 15.9. The van der Waals surface area contributed by atoms with Crippen LogP contribution in [0.1, 0.15) is 124 Å². The molecule has 0 spiro atoms. The van der Waals surface area contributed by atoms with Crippen LogP contribution in [0.4, 0.5) is 4.79 Å². The summed E-state index contributed by atoms with van der Waals surface area (Å²) in [6, 6.07) is 8.45. The summed E-state index contributed by atoms with van der Waals surface area (Å²) in [5.74, 6) is 2.25. The molecule has 0 aromatic heterocycles. The summed E-state index contributed by atoms with van der Waals surface area (Å²) in [4.78, 5) is 50.7. The van der Waals surface area contributed by atoms with E-state index in [0.29, 0.717) is 11.3 Å². The van der Waals surface area contributed by atoms with Crippen molar-refractivity contribution in [2.24, 2.45) is 46.3 Å². The first-order valence-electron chi connectivity index (χ1n) is 21.8. The summed E-state index contributed by atoms with van der Waals surface area (Å²) in [6.07, 6.45) is 14.3. The van der Waals surface area contributed by atoms with Gasteiger partial charge in [0, 0.05) is 25.8 Å². The second-order valence-electron chi connectivity index (χ2n) is 18.6. The molecular weight excluding hydrogens is 759 g/mol. The second kappa shape index (κ2) is 20.2. The van der Waals surface area contributed by atoms with Crippen molar-refractivity contribution >= 4 is 34.0 Å². The molecule has 324 valence electrons. The highest BCUT2D eigenvalue weighted by Gasteiger charge is 2.59. The first-order chi connectivity index (χ1) is 27.5. The van der Waals surface area contributed by atoms with Crippen LogP contribution in [0.5, 0.6) is 0 Å². The van der Waals surface area contributed by atoms with E-state index in [1.54, 1.807) is 0 Å². The van der Waals surface area contributed by atoms with Crippen molar-refractivity contribution in [3.63, 3.8) is 0 Å². The van der Waals surface area contributed by atoms with Crippen molar-refractivity contribution in [1.82, 2.24) is 16.0 Å². The fourth-order valence-electron chi connectivity index (χ4n) is 11.3. The summed E-state index contributed by atoms with van der Waals surface area (Å²) >= 11 is 0. The highest BCUT2D eigenvalue weighted by atomic mass is 32.2. The standard InChI is InChI=1S/C45H69N3O9S/c1-30(2)10-9-11-31(3)36-16-17-37-35-15-14-33-29-34(20-22-44(33,4)38(35)21-23-45(36,37)5)57-43(52)48-39(28-32-12-7-6-8-13-32)42(51)47-24-26-56-41(50)19-18-40(49)46-25-27-58(53,54)55/h6-8,12-14,30-31,34-39H,9-11,15-29H2,1-5H3,(H,46,49)(H,47,51)(H,48,52)(H,53,54,55)/t31-,34+,35+,36-,37+,38+,39+,44+,45-/m1/s1. The Morgan fingerprint density at radius 1 is 0.914 bits per heavy atom. The van der Waals surface area contributed by atoms with Crippen LogP contribution in [0.2, 0.25) is 0 Å². The minimum atomic E-state index is -4.20. The molecule has 0 aliphatic heterocycles. The highest BCUT2D eigenvalue weighted by Crippen LogP contribution is 2.67. The van der Waals surface area contributed by atoms with E-state index in [-0.39, 0.29) is 50.5 Å². The van der Waals surface area contributed by atoms with Gasteiger partial charge in [0.15, 0.2) is 0 Å². The Morgan fingerprint density at radius 2 is 1.67 bits per heavy atom. The molecule has 0 radical (unpaired) electrons. The lowest BCUT2D eigenvalue weighted by Gasteiger charge is -2.58. The number of nitrogens with one attached hydrogen (secondary N) is 3. The molecule has 4 N–H and O–H groups in total. The number of carbonyl (C=O) groups excluding carboxylic acids is 4. The van der Waals surface area contributed by atoms with Crippen LogP contribution in [0.15, 0.2) is 42.0 Å². The number of allylic oxidation sites excluding steroid dienone is 1. The van der Waals surface area contributed by atoms with Crippen LogP contribution in [0.3, 0.4) is 0 Å². The van der Waals surface area contributed by atoms with Crippen LogP contribution < -0.4 is 16.0 Å². The van der Waals surface area contributed by atoms with Crippen molar-refractivity contribution in [3.05, 3.63) is 47.5 Å². The number of hydrogen-bond donors (Lipinski definition) is 4. The number of esters is 1. The predicted molar refractivity (Wildman–Crippen MR) is 223 cm³/mol. The van der Waals surface area contributed by atoms with Crippen molar-refractivity contribution in [2.75, 3.05) is 25.4 Å². The molecule has 0 heterocycles. The average molecular weight is 828 g/mol. The fourth-order valence-corrected chi connectivity index (χ4v) is 11.7. The number of ether oxygens (including phenoxy) is 2. The van der Waals surface area contributed by atoms with Gasteiger partial charge in [0.05, 0.1) is 18.7 Å². The molecule has 3 fully saturated rings. The Bertz CT molecular complexity index is 1720. The maximum Gasteiger partial charge on any atom is 0.408 e. The number of rotatable bonds is 19. The topological polar surface area (TPSA) is 177 Å². The number of hydrogen-bond acceptors (Lipinski definition) is 8. The van der Waals surface area contributed by atoms with E-state index < -0.39 is 45.8 Å². The molecule has 58 heavy (non-hydrogen) atoms. The molecular formula is C45H69N3O9S. The smallest absolute Gasteiger partial charge is 0.408 e. The zero-order chi connectivity index (χ0) is 42.1. The van der Waals surface area contributed by atoms with Gasteiger partial charge in [0.1, 0.15) is 18.8 Å². The van der Waals surface area contributed by atoms with Crippen LogP contribution in [0, 0.1) is 46.3 Å². The van der Waals surface area contributed by atoms with Crippen LogP contribution in [-0.2, 0) is 40.4 Å². The maximum atomic E-state index is 13.4. The SMILES string of the molecule is CC(C)CCC[C@@H](C)[C@H]1CC[C@H]2[C@@H]3CC=C4C[C@@H](OC(=O)N[C@@H](Cc5ccccc5)C(=O)NCCOC(=O)CCC(=O)NCCS(=O)(=O)O)CC[C@]4(C)[C@H]3CC[C@]12C. The minimum absolute atomic E-state index is 0.0113. The third-order valence-corrected chi connectivity index (χ3v) is 15.0. The van der Waals surface area contributed by atoms with Crippen molar-refractivity contribution < 1.29 is 41.6 Å². The van der Waals surface area contributed by atoms with Gasteiger partial charge in [0.2, 0.25) is 11.8 Å². The molecule has 3 amide bonds. The van der Waals surface area contributed by atoms with Gasteiger partial charge in [-0.15, -0.1) is 0 Å². The Balaban J connectivity index is 1.10. The monoisotopic (exact) mass is 827 g/mol. The van der Waals surface area contributed by atoms with Crippen molar-refractivity contribution in [1.29, 1.82) is 0 Å². The number of amides is 3. The molecule has 1 aromatic carbocycles. The fraction of sp³-hybridized carbons (Fsp3) is 0.733. The van der Waals surface area contributed by atoms with Gasteiger partial charge in [-0.1, -0.05) is 95.9 Å². The van der Waals surface area contributed by atoms with Gasteiger partial charge < -0.3 is 25.4 Å². The molecule has 4 aliphatic carbocycles. The van der Waals surface area contributed by atoms with Crippen LogP contribution in [-0.4, -0.2) is 74.4 Å². The first-order valence-corrected chi connectivity index (χ1v) is 23.4. The van der Waals surface area contributed by atoms with Crippen LogP contribution >= 0.6 is 0 Å². The largest absolute Gasteiger partial charge is 0.464 e. The molecule has 4 aliphatic rings. The maximum absolute atomic E-state index is 13.4. The predicted octanol–water partition coefficient (Wildman–Crippen LogP) is 7.18. The number of fused-ring (bicyclic) bond motifs is 5. The molecule has 0 saturated heterocycles. The first kappa shape index (κ1) is 45.6. The van der Waals surface area contributed by atoms with Gasteiger partial charge >= 0.3 is 12.1 Å². The third-order valence-electron chi connectivity index (χ3n) is 14.3. The summed E-state index contributed by atoms with van der Waals surface area (Å²) in [7, 11) is -4.20. The molecule has 5 rings (SSSR count). The number of benzene rings is 1. The normalized spacial score (nSPS) is 28.8. The minimum Gasteiger partial charge on any atom is -0.464 e. The quantitative estimate of drug-likeness (QED) is 0.0487. The van der Waals surface area contributed by atoms with Gasteiger partial charge in [-0.25, -0.2) is 4.79 Å². The second-order valence-corrected chi connectivity index (χ2v) is 20.2. The summed E-state index contributed by atoms with van der Waals surface area (Å²) in [5, 5.41) is 7.84. The molecule has 0 bridgehead atoms. The molecule has 0 unspecified atom stereocenters. The van der Waals surface area contributed by atoms with Gasteiger partial charge in [-0.05, 0) is 96.8 Å². The zero-order valence-electron chi connectivity index (χ0n) is 35.4. The van der Waals surface area contributed by atoms with E-state index in [2.05, 4.69) is 56.6 Å².